The average Bonchev–Trinajstić information content (AvgIpc) is 2.95. The number of hydrogen-bond donors (Lipinski definition) is 1. The van der Waals surface area contributed by atoms with Crippen LogP contribution in [-0.2, 0) is 9.59 Å². The number of aryl methyl sites for hydroxylation is 2. The van der Waals surface area contributed by atoms with Crippen LogP contribution in [0.3, 0.4) is 0 Å². The van der Waals surface area contributed by atoms with Gasteiger partial charge in [-0.15, -0.1) is 6.58 Å². The van der Waals surface area contributed by atoms with Gasteiger partial charge in [-0.1, -0.05) is 6.08 Å². The van der Waals surface area contributed by atoms with Gasteiger partial charge in [0.15, 0.2) is 5.11 Å². The summed E-state index contributed by atoms with van der Waals surface area (Å²) in [5, 5.41) is 13.6. The van der Waals surface area contributed by atoms with E-state index in [-0.39, 0.29) is 22.9 Å². The van der Waals surface area contributed by atoms with Crippen LogP contribution in [0.2, 0.25) is 0 Å². The molecule has 3 rings (SSSR count). The summed E-state index contributed by atoms with van der Waals surface area (Å²) in [7, 11) is 0. The van der Waals surface area contributed by atoms with Crippen LogP contribution < -0.4 is 5.32 Å². The Balaban J connectivity index is 2.07. The van der Waals surface area contributed by atoms with E-state index in [2.05, 4.69) is 11.9 Å². The zero-order valence-corrected chi connectivity index (χ0v) is 17.6. The first-order valence-corrected chi connectivity index (χ1v) is 9.50. The van der Waals surface area contributed by atoms with Gasteiger partial charge in [-0.3, -0.25) is 29.9 Å². The highest BCUT2D eigenvalue weighted by atomic mass is 32.1. The molecule has 1 aromatic heterocycles. The Hall–Kier alpha value is -3.59. The van der Waals surface area contributed by atoms with E-state index in [1.165, 1.54) is 29.2 Å². The van der Waals surface area contributed by atoms with E-state index in [0.29, 0.717) is 5.56 Å². The summed E-state index contributed by atoms with van der Waals surface area (Å²) in [4.78, 5) is 37.0. The van der Waals surface area contributed by atoms with Gasteiger partial charge in [-0.05, 0) is 62.3 Å². The van der Waals surface area contributed by atoms with Crippen molar-refractivity contribution in [2.45, 2.75) is 20.8 Å². The summed E-state index contributed by atoms with van der Waals surface area (Å²) < 4.78 is 1.93. The predicted molar refractivity (Wildman–Crippen MR) is 117 cm³/mol. The molecule has 30 heavy (non-hydrogen) atoms. The number of thiocarbonyl (C=S) groups is 1. The molecule has 154 valence electrons. The highest BCUT2D eigenvalue weighted by Crippen LogP contribution is 2.27. The second-order valence-corrected chi connectivity index (χ2v) is 7.30. The maximum Gasteiger partial charge on any atom is 0.269 e. The molecule has 0 aliphatic carbocycles. The van der Waals surface area contributed by atoms with Crippen molar-refractivity contribution in [3.63, 3.8) is 0 Å². The van der Waals surface area contributed by atoms with Gasteiger partial charge in [-0.25, -0.2) is 0 Å². The third kappa shape index (κ3) is 3.67. The minimum Gasteiger partial charge on any atom is -0.318 e. The van der Waals surface area contributed by atoms with Crippen LogP contribution in [0.15, 0.2) is 42.5 Å². The molecule has 0 atom stereocenters. The Morgan fingerprint density at radius 2 is 1.93 bits per heavy atom. The Kier molecular flexibility index (Phi) is 5.66. The average molecular weight is 424 g/mol. The van der Waals surface area contributed by atoms with Crippen molar-refractivity contribution in [3.8, 4) is 5.69 Å². The van der Waals surface area contributed by atoms with Crippen LogP contribution in [0.25, 0.3) is 11.8 Å². The number of non-ortho nitro benzene ring substituents is 1. The molecule has 1 fully saturated rings. The molecule has 0 radical (unpaired) electrons. The topological polar surface area (TPSA) is 97.5 Å². The molecule has 0 unspecified atom stereocenters. The number of nitrogens with zero attached hydrogens (tertiary/aromatic N) is 3. The van der Waals surface area contributed by atoms with Crippen LogP contribution >= 0.6 is 12.2 Å². The third-order valence-electron chi connectivity index (χ3n) is 4.90. The normalized spacial score (nSPS) is 15.5. The van der Waals surface area contributed by atoms with Gasteiger partial charge < -0.3 is 4.57 Å². The Bertz CT molecular complexity index is 1150. The first-order valence-electron chi connectivity index (χ1n) is 9.09. The van der Waals surface area contributed by atoms with Gasteiger partial charge in [0.2, 0.25) is 0 Å². The number of carbonyl (C=O) groups excluding carboxylic acids is 2. The van der Waals surface area contributed by atoms with Gasteiger partial charge in [0.25, 0.3) is 17.5 Å². The number of aromatic nitrogens is 1. The van der Waals surface area contributed by atoms with Crippen LogP contribution in [0.5, 0.6) is 0 Å². The summed E-state index contributed by atoms with van der Waals surface area (Å²) in [6.45, 7) is 9.34. The molecule has 1 aliphatic rings. The molecule has 1 aromatic carbocycles. The standard InChI is InChI=1S/C21H20N4O4S/c1-5-8-23-20(27)17(19(26)22-21(23)30)11-15-10-13(3)24(14(15)4)18-7-6-16(25(28)29)9-12(18)2/h5-7,9-11H,1,8H2,2-4H3,(H,22,26,30). The summed E-state index contributed by atoms with van der Waals surface area (Å²) in [5.41, 5.74) is 3.86. The van der Waals surface area contributed by atoms with Gasteiger partial charge >= 0.3 is 0 Å². The van der Waals surface area contributed by atoms with E-state index in [1.807, 2.05) is 24.5 Å². The lowest BCUT2D eigenvalue weighted by molar-refractivity contribution is -0.384. The SMILES string of the molecule is C=CCN1C(=O)C(=Cc2cc(C)n(-c3ccc([N+](=O)[O-])cc3C)c2C)C(=O)NC1=S. The first kappa shape index (κ1) is 21.1. The Morgan fingerprint density at radius 3 is 2.53 bits per heavy atom. The van der Waals surface area contributed by atoms with E-state index in [1.54, 1.807) is 13.0 Å². The number of nitro groups is 1. The number of hydrogen-bond acceptors (Lipinski definition) is 5. The highest BCUT2D eigenvalue weighted by Gasteiger charge is 2.33. The summed E-state index contributed by atoms with van der Waals surface area (Å²) in [5.74, 6) is -1.04. The molecule has 2 heterocycles. The maximum absolute atomic E-state index is 12.8. The minimum absolute atomic E-state index is 0.0174. The molecule has 8 nitrogen and oxygen atoms in total. The van der Waals surface area contributed by atoms with Crippen molar-refractivity contribution in [1.29, 1.82) is 0 Å². The fourth-order valence-corrected chi connectivity index (χ4v) is 3.70. The number of nitrogens with one attached hydrogen (secondary N) is 1. The largest absolute Gasteiger partial charge is 0.318 e. The van der Waals surface area contributed by atoms with Crippen molar-refractivity contribution in [2.24, 2.45) is 0 Å². The van der Waals surface area contributed by atoms with Crippen LogP contribution in [0, 0.1) is 30.9 Å². The second-order valence-electron chi connectivity index (χ2n) is 6.91. The first-order chi connectivity index (χ1) is 14.1. The lowest BCUT2D eigenvalue weighted by Gasteiger charge is -2.27. The van der Waals surface area contributed by atoms with Crippen molar-refractivity contribution < 1.29 is 14.5 Å². The van der Waals surface area contributed by atoms with Crippen LogP contribution in [0.4, 0.5) is 5.69 Å². The molecule has 2 aromatic rings. The van der Waals surface area contributed by atoms with Crippen molar-refractivity contribution in [2.75, 3.05) is 6.54 Å². The van der Waals surface area contributed by atoms with Gasteiger partial charge in [-0.2, -0.15) is 0 Å². The number of carbonyl (C=O) groups is 2. The van der Waals surface area contributed by atoms with Gasteiger partial charge in [0, 0.05) is 35.8 Å². The lowest BCUT2D eigenvalue weighted by Crippen LogP contribution is -2.53. The lowest BCUT2D eigenvalue weighted by atomic mass is 10.1. The zero-order valence-electron chi connectivity index (χ0n) is 16.8. The number of amides is 2. The molecule has 1 aliphatic heterocycles. The van der Waals surface area contributed by atoms with E-state index in [0.717, 1.165) is 22.6 Å². The Morgan fingerprint density at radius 1 is 1.23 bits per heavy atom. The smallest absolute Gasteiger partial charge is 0.269 e. The van der Waals surface area contributed by atoms with Crippen molar-refractivity contribution in [1.82, 2.24) is 14.8 Å². The fourth-order valence-electron chi connectivity index (χ4n) is 3.45. The zero-order chi connectivity index (χ0) is 22.2. The Labute approximate surface area is 178 Å². The maximum atomic E-state index is 12.8. The van der Waals surface area contributed by atoms with Gasteiger partial charge in [0.1, 0.15) is 5.57 Å². The molecule has 0 saturated carbocycles. The monoisotopic (exact) mass is 424 g/mol. The van der Waals surface area contributed by atoms with Gasteiger partial charge in [0.05, 0.1) is 4.92 Å². The number of rotatable bonds is 5. The van der Waals surface area contributed by atoms with Crippen LogP contribution in [0.1, 0.15) is 22.5 Å². The summed E-state index contributed by atoms with van der Waals surface area (Å²) >= 11 is 5.07. The highest BCUT2D eigenvalue weighted by molar-refractivity contribution is 7.80. The van der Waals surface area contributed by atoms with Crippen molar-refractivity contribution in [3.05, 3.63) is 75.1 Å². The quantitative estimate of drug-likeness (QED) is 0.199. The number of nitro benzene ring substituents is 1. The molecule has 9 heteroatoms. The second kappa shape index (κ2) is 8.03. The van der Waals surface area contributed by atoms with E-state index in [9.17, 15) is 19.7 Å². The molecule has 1 saturated heterocycles. The van der Waals surface area contributed by atoms with E-state index in [4.69, 9.17) is 12.2 Å². The molecule has 2 amide bonds. The molecule has 1 N–H and O–H groups in total. The van der Waals surface area contributed by atoms with Crippen molar-refractivity contribution >= 4 is 40.9 Å². The fraction of sp³-hybridized carbons (Fsp3) is 0.190. The summed E-state index contributed by atoms with van der Waals surface area (Å²) in [6.07, 6.45) is 3.07. The third-order valence-corrected chi connectivity index (χ3v) is 5.22. The predicted octanol–water partition coefficient (Wildman–Crippen LogP) is 3.12. The molecule has 0 spiro atoms. The number of benzene rings is 1. The minimum atomic E-state index is -0.554. The van der Waals surface area contributed by atoms with Crippen LogP contribution in [-0.4, -0.2) is 37.9 Å². The molecular formula is C21H20N4O4S. The van der Waals surface area contributed by atoms with E-state index < -0.39 is 16.7 Å². The summed E-state index contributed by atoms with van der Waals surface area (Å²) in [6, 6.07) is 6.51. The van der Waals surface area contributed by atoms with E-state index >= 15 is 0 Å². The molecular weight excluding hydrogens is 404 g/mol. The molecule has 0 bridgehead atoms.